The highest BCUT2D eigenvalue weighted by atomic mass is 32.1. The van der Waals surface area contributed by atoms with Gasteiger partial charge in [0.05, 0.1) is 12.8 Å². The highest BCUT2D eigenvalue weighted by Gasteiger charge is 2.11. The summed E-state index contributed by atoms with van der Waals surface area (Å²) in [5.74, 6) is 0.671. The Labute approximate surface area is 167 Å². The van der Waals surface area contributed by atoms with E-state index in [-0.39, 0.29) is 5.91 Å². The lowest BCUT2D eigenvalue weighted by Gasteiger charge is -2.07. The van der Waals surface area contributed by atoms with Gasteiger partial charge >= 0.3 is 0 Å². The van der Waals surface area contributed by atoms with Crippen molar-refractivity contribution in [3.63, 3.8) is 0 Å². The maximum atomic E-state index is 12.5. The van der Waals surface area contributed by atoms with Gasteiger partial charge in [-0.25, -0.2) is 4.98 Å². The lowest BCUT2D eigenvalue weighted by molar-refractivity contribution is 0.0949. The molecule has 0 aliphatic carbocycles. The molecule has 0 aliphatic heterocycles. The van der Waals surface area contributed by atoms with Crippen molar-refractivity contribution in [1.82, 2.24) is 10.3 Å². The number of nitrogens with one attached hydrogen (secondary N) is 1. The Kier molecular flexibility index (Phi) is 5.35. The molecule has 4 rings (SSSR count). The molecule has 2 aromatic carbocycles. The minimum atomic E-state index is -0.158. The van der Waals surface area contributed by atoms with Gasteiger partial charge in [0.15, 0.2) is 0 Å². The lowest BCUT2D eigenvalue weighted by atomic mass is 10.1. The molecule has 0 unspecified atom stereocenters. The SMILES string of the molecule is COc1ccc(CCNC(=O)c2cccc(-c3csc4ccccc34)n2)cc1. The second kappa shape index (κ2) is 8.23. The Hall–Kier alpha value is -3.18. The zero-order valence-corrected chi connectivity index (χ0v) is 16.3. The summed E-state index contributed by atoms with van der Waals surface area (Å²) in [7, 11) is 1.65. The molecule has 0 aliphatic rings. The fourth-order valence-electron chi connectivity index (χ4n) is 3.09. The number of pyridine rings is 1. The van der Waals surface area contributed by atoms with Crippen LogP contribution in [0.15, 0.2) is 72.1 Å². The molecule has 2 aromatic heterocycles. The first-order valence-electron chi connectivity index (χ1n) is 9.09. The number of hydrogen-bond donors (Lipinski definition) is 1. The van der Waals surface area contributed by atoms with E-state index in [1.54, 1.807) is 24.5 Å². The Morgan fingerprint density at radius 2 is 1.86 bits per heavy atom. The van der Waals surface area contributed by atoms with Crippen LogP contribution in [0.2, 0.25) is 0 Å². The first-order valence-corrected chi connectivity index (χ1v) is 9.97. The molecule has 0 saturated heterocycles. The molecule has 0 saturated carbocycles. The summed E-state index contributed by atoms with van der Waals surface area (Å²) >= 11 is 1.69. The normalized spacial score (nSPS) is 10.8. The molecule has 4 nitrogen and oxygen atoms in total. The van der Waals surface area contributed by atoms with E-state index in [0.29, 0.717) is 12.2 Å². The van der Waals surface area contributed by atoms with E-state index in [4.69, 9.17) is 4.74 Å². The van der Waals surface area contributed by atoms with Gasteiger partial charge in [0.1, 0.15) is 11.4 Å². The summed E-state index contributed by atoms with van der Waals surface area (Å²) in [4.78, 5) is 17.1. The highest BCUT2D eigenvalue weighted by molar-refractivity contribution is 7.17. The van der Waals surface area contributed by atoms with Crippen LogP contribution in [0.5, 0.6) is 5.75 Å². The Bertz CT molecular complexity index is 1100. The molecule has 0 spiro atoms. The monoisotopic (exact) mass is 388 g/mol. The Morgan fingerprint density at radius 1 is 1.04 bits per heavy atom. The molecule has 28 heavy (non-hydrogen) atoms. The Morgan fingerprint density at radius 3 is 2.68 bits per heavy atom. The van der Waals surface area contributed by atoms with E-state index in [1.807, 2.05) is 48.5 Å². The molecule has 140 valence electrons. The van der Waals surface area contributed by atoms with Crippen molar-refractivity contribution in [2.75, 3.05) is 13.7 Å². The minimum absolute atomic E-state index is 0.158. The standard InChI is InChI=1S/C23H20N2O2S/c1-27-17-11-9-16(10-12-17)13-14-24-23(26)21-7-4-6-20(25-21)19-15-28-22-8-3-2-5-18(19)22/h2-12,15H,13-14H2,1H3,(H,24,26). The molecule has 0 bridgehead atoms. The molecule has 0 radical (unpaired) electrons. The fraction of sp³-hybridized carbons (Fsp3) is 0.130. The van der Waals surface area contributed by atoms with Crippen molar-refractivity contribution >= 4 is 27.3 Å². The van der Waals surface area contributed by atoms with Crippen molar-refractivity contribution in [3.8, 4) is 17.0 Å². The first-order chi connectivity index (χ1) is 13.7. The average Bonchev–Trinajstić information content (AvgIpc) is 3.18. The summed E-state index contributed by atoms with van der Waals surface area (Å²) in [5.41, 5.74) is 3.46. The zero-order chi connectivity index (χ0) is 19.3. The maximum absolute atomic E-state index is 12.5. The number of carbonyl (C=O) groups is 1. The number of nitrogens with zero attached hydrogens (tertiary/aromatic N) is 1. The molecule has 1 N–H and O–H groups in total. The van der Waals surface area contributed by atoms with Crippen molar-refractivity contribution in [1.29, 1.82) is 0 Å². The molecule has 2 heterocycles. The number of benzene rings is 2. The van der Waals surface area contributed by atoms with Crippen LogP contribution in [-0.4, -0.2) is 24.5 Å². The molecule has 0 fully saturated rings. The smallest absolute Gasteiger partial charge is 0.269 e. The van der Waals surface area contributed by atoms with Crippen LogP contribution in [0.1, 0.15) is 16.1 Å². The van der Waals surface area contributed by atoms with Gasteiger partial charge in [-0.05, 0) is 42.3 Å². The van der Waals surface area contributed by atoms with Crippen LogP contribution in [0.3, 0.4) is 0 Å². The molecule has 5 heteroatoms. The van der Waals surface area contributed by atoms with E-state index in [9.17, 15) is 4.79 Å². The second-order valence-electron chi connectivity index (χ2n) is 6.41. The number of rotatable bonds is 6. The van der Waals surface area contributed by atoms with E-state index < -0.39 is 0 Å². The van der Waals surface area contributed by atoms with Gasteiger partial charge in [-0.15, -0.1) is 11.3 Å². The van der Waals surface area contributed by atoms with Gasteiger partial charge in [0, 0.05) is 27.6 Å². The van der Waals surface area contributed by atoms with Crippen molar-refractivity contribution in [2.24, 2.45) is 0 Å². The van der Waals surface area contributed by atoms with Gasteiger partial charge in [0.25, 0.3) is 5.91 Å². The third-order valence-corrected chi connectivity index (χ3v) is 5.56. The number of methoxy groups -OCH3 is 1. The van der Waals surface area contributed by atoms with Crippen LogP contribution in [0.4, 0.5) is 0 Å². The topological polar surface area (TPSA) is 51.2 Å². The van der Waals surface area contributed by atoms with Crippen LogP contribution < -0.4 is 10.1 Å². The molecular weight excluding hydrogens is 368 g/mol. The second-order valence-corrected chi connectivity index (χ2v) is 7.32. The van der Waals surface area contributed by atoms with Gasteiger partial charge in [0.2, 0.25) is 0 Å². The van der Waals surface area contributed by atoms with E-state index in [1.165, 1.54) is 4.70 Å². The summed E-state index contributed by atoms with van der Waals surface area (Å²) in [6.45, 7) is 0.554. The van der Waals surface area contributed by atoms with Crippen molar-refractivity contribution in [3.05, 3.63) is 83.4 Å². The van der Waals surface area contributed by atoms with Gasteiger partial charge in [-0.3, -0.25) is 4.79 Å². The van der Waals surface area contributed by atoms with Crippen LogP contribution in [-0.2, 0) is 6.42 Å². The number of hydrogen-bond acceptors (Lipinski definition) is 4. The maximum Gasteiger partial charge on any atom is 0.269 e. The van der Waals surface area contributed by atoms with E-state index in [0.717, 1.165) is 34.4 Å². The number of aromatic nitrogens is 1. The summed E-state index contributed by atoms with van der Waals surface area (Å²) in [6, 6.07) is 21.7. The number of amides is 1. The van der Waals surface area contributed by atoms with Crippen LogP contribution in [0, 0.1) is 0 Å². The number of thiophene rings is 1. The van der Waals surface area contributed by atoms with Crippen LogP contribution in [0.25, 0.3) is 21.3 Å². The molecular formula is C23H20N2O2S. The van der Waals surface area contributed by atoms with Gasteiger partial charge in [-0.2, -0.15) is 0 Å². The van der Waals surface area contributed by atoms with Crippen LogP contribution >= 0.6 is 11.3 Å². The quantitative estimate of drug-likeness (QED) is 0.509. The molecule has 0 atom stereocenters. The molecule has 1 amide bonds. The summed E-state index contributed by atoms with van der Waals surface area (Å²) in [6.07, 6.45) is 0.755. The first kappa shape index (κ1) is 18.2. The number of carbonyl (C=O) groups excluding carboxylic acids is 1. The lowest BCUT2D eigenvalue weighted by Crippen LogP contribution is -2.26. The summed E-state index contributed by atoms with van der Waals surface area (Å²) in [5, 5.41) is 6.22. The largest absolute Gasteiger partial charge is 0.497 e. The Balaban J connectivity index is 1.44. The third-order valence-electron chi connectivity index (χ3n) is 4.60. The number of fused-ring (bicyclic) bond motifs is 1. The van der Waals surface area contributed by atoms with Crippen molar-refractivity contribution < 1.29 is 9.53 Å². The van der Waals surface area contributed by atoms with Gasteiger partial charge < -0.3 is 10.1 Å². The fourth-order valence-corrected chi connectivity index (χ4v) is 4.05. The predicted molar refractivity (Wildman–Crippen MR) is 114 cm³/mol. The molecule has 4 aromatic rings. The highest BCUT2D eigenvalue weighted by Crippen LogP contribution is 2.32. The average molecular weight is 388 g/mol. The summed E-state index contributed by atoms with van der Waals surface area (Å²) < 4.78 is 6.38. The number of ether oxygens (including phenoxy) is 1. The third kappa shape index (κ3) is 3.89. The minimum Gasteiger partial charge on any atom is -0.497 e. The zero-order valence-electron chi connectivity index (χ0n) is 15.5. The predicted octanol–water partition coefficient (Wildman–Crippen LogP) is 4.94. The van der Waals surface area contributed by atoms with Gasteiger partial charge in [-0.1, -0.05) is 36.4 Å². The van der Waals surface area contributed by atoms with E-state index >= 15 is 0 Å². The van der Waals surface area contributed by atoms with Crippen molar-refractivity contribution in [2.45, 2.75) is 6.42 Å². The van der Waals surface area contributed by atoms with E-state index in [2.05, 4.69) is 27.8 Å².